The first-order valence-electron chi connectivity index (χ1n) is 7.86. The Kier molecular flexibility index (Phi) is 5.16. The van der Waals surface area contributed by atoms with Gasteiger partial charge in [-0.15, -0.1) is 0 Å². The van der Waals surface area contributed by atoms with Gasteiger partial charge in [0.05, 0.1) is 5.92 Å². The van der Waals surface area contributed by atoms with Crippen LogP contribution in [0.1, 0.15) is 49.3 Å². The van der Waals surface area contributed by atoms with Crippen molar-refractivity contribution in [2.75, 3.05) is 0 Å². The first kappa shape index (κ1) is 15.7. The number of rotatable bonds is 5. The number of benzene rings is 1. The predicted molar refractivity (Wildman–Crippen MR) is 82.4 cm³/mol. The number of aryl methyl sites for hydroxylation is 2. The van der Waals surface area contributed by atoms with Crippen molar-refractivity contribution in [1.29, 1.82) is 0 Å². The zero-order valence-corrected chi connectivity index (χ0v) is 12.9. The van der Waals surface area contributed by atoms with Crippen molar-refractivity contribution >= 4 is 11.8 Å². The van der Waals surface area contributed by atoms with Crippen LogP contribution < -0.4 is 0 Å². The van der Waals surface area contributed by atoms with Crippen molar-refractivity contribution in [1.82, 2.24) is 0 Å². The normalized spacial score (nSPS) is 22.0. The maximum atomic E-state index is 12.6. The molecular formula is C18H24O3. The van der Waals surface area contributed by atoms with Crippen LogP contribution in [-0.4, -0.2) is 16.9 Å². The lowest BCUT2D eigenvalue weighted by molar-refractivity contribution is -0.148. The Labute approximate surface area is 126 Å². The number of ketones is 1. The van der Waals surface area contributed by atoms with E-state index in [1.165, 1.54) is 11.1 Å². The second-order valence-electron chi connectivity index (χ2n) is 6.10. The van der Waals surface area contributed by atoms with E-state index in [0.717, 1.165) is 31.2 Å². The first-order valence-corrected chi connectivity index (χ1v) is 7.86. The summed E-state index contributed by atoms with van der Waals surface area (Å²) in [5.74, 6) is -1.50. The number of carboxylic acids is 1. The van der Waals surface area contributed by atoms with Gasteiger partial charge in [0.15, 0.2) is 0 Å². The van der Waals surface area contributed by atoms with Gasteiger partial charge in [-0.3, -0.25) is 9.59 Å². The summed E-state index contributed by atoms with van der Waals surface area (Å²) in [6, 6.07) is 6.17. The molecule has 1 aliphatic rings. The Hall–Kier alpha value is -1.64. The number of carbonyl (C=O) groups is 2. The van der Waals surface area contributed by atoms with Gasteiger partial charge in [-0.25, -0.2) is 0 Å². The Morgan fingerprint density at radius 1 is 1.14 bits per heavy atom. The molecular weight excluding hydrogens is 264 g/mol. The highest BCUT2D eigenvalue weighted by molar-refractivity contribution is 5.88. The third kappa shape index (κ3) is 3.72. The van der Waals surface area contributed by atoms with E-state index in [1.54, 1.807) is 0 Å². The van der Waals surface area contributed by atoms with Gasteiger partial charge in [-0.05, 0) is 37.3 Å². The number of hydrogen-bond acceptors (Lipinski definition) is 2. The molecule has 1 aromatic carbocycles. The van der Waals surface area contributed by atoms with Crippen LogP contribution in [0.3, 0.4) is 0 Å². The van der Waals surface area contributed by atoms with Crippen LogP contribution in [0.5, 0.6) is 0 Å². The number of aliphatic carboxylic acids is 1. The van der Waals surface area contributed by atoms with Crippen LogP contribution in [0.25, 0.3) is 0 Å². The lowest BCUT2D eigenvalue weighted by Crippen LogP contribution is -2.33. The molecule has 1 saturated carbocycles. The quantitative estimate of drug-likeness (QED) is 0.901. The Balaban J connectivity index is 2.15. The molecule has 1 aliphatic carbocycles. The zero-order chi connectivity index (χ0) is 15.4. The highest BCUT2D eigenvalue weighted by Gasteiger charge is 2.35. The van der Waals surface area contributed by atoms with E-state index in [9.17, 15) is 14.7 Å². The minimum absolute atomic E-state index is 0.0978. The van der Waals surface area contributed by atoms with Crippen LogP contribution in [0.15, 0.2) is 18.2 Å². The predicted octanol–water partition coefficient (Wildman–Crippen LogP) is 3.56. The molecule has 0 saturated heterocycles. The summed E-state index contributed by atoms with van der Waals surface area (Å²) in [4.78, 5) is 23.9. The summed E-state index contributed by atoms with van der Waals surface area (Å²) in [6.45, 7) is 4.13. The van der Waals surface area contributed by atoms with Crippen LogP contribution >= 0.6 is 0 Å². The molecule has 2 unspecified atom stereocenters. The summed E-state index contributed by atoms with van der Waals surface area (Å²) in [6.07, 6.45) is 4.53. The lowest BCUT2D eigenvalue weighted by Gasteiger charge is -2.27. The maximum absolute atomic E-state index is 12.6. The molecule has 2 atom stereocenters. The zero-order valence-electron chi connectivity index (χ0n) is 12.9. The Morgan fingerprint density at radius 3 is 2.43 bits per heavy atom. The second kappa shape index (κ2) is 6.88. The first-order chi connectivity index (χ1) is 10.0. The van der Waals surface area contributed by atoms with E-state index >= 15 is 0 Å². The molecule has 1 aromatic rings. The van der Waals surface area contributed by atoms with E-state index in [2.05, 4.69) is 13.0 Å². The monoisotopic (exact) mass is 288 g/mol. The molecule has 0 bridgehead atoms. The van der Waals surface area contributed by atoms with Gasteiger partial charge >= 0.3 is 5.97 Å². The molecule has 3 nitrogen and oxygen atoms in total. The van der Waals surface area contributed by atoms with E-state index in [1.807, 2.05) is 19.1 Å². The van der Waals surface area contributed by atoms with E-state index in [0.29, 0.717) is 12.8 Å². The number of carbonyl (C=O) groups excluding carboxylic acids is 1. The van der Waals surface area contributed by atoms with Crippen LogP contribution in [0, 0.1) is 18.8 Å². The van der Waals surface area contributed by atoms with Crippen LogP contribution in [-0.2, 0) is 22.4 Å². The molecule has 0 aromatic heterocycles. The molecule has 0 aliphatic heterocycles. The summed E-state index contributed by atoms with van der Waals surface area (Å²) in [7, 11) is 0. The minimum atomic E-state index is -0.812. The van der Waals surface area contributed by atoms with Crippen molar-refractivity contribution in [2.24, 2.45) is 11.8 Å². The van der Waals surface area contributed by atoms with Crippen molar-refractivity contribution < 1.29 is 14.7 Å². The van der Waals surface area contributed by atoms with Crippen molar-refractivity contribution in [3.05, 3.63) is 34.9 Å². The fourth-order valence-electron chi connectivity index (χ4n) is 3.39. The second-order valence-corrected chi connectivity index (χ2v) is 6.10. The van der Waals surface area contributed by atoms with Gasteiger partial charge in [0.1, 0.15) is 5.78 Å². The summed E-state index contributed by atoms with van der Waals surface area (Å²) in [5.41, 5.74) is 3.46. The minimum Gasteiger partial charge on any atom is -0.481 e. The molecule has 0 heterocycles. The largest absolute Gasteiger partial charge is 0.481 e. The Morgan fingerprint density at radius 2 is 1.81 bits per heavy atom. The Bertz CT molecular complexity index is 533. The highest BCUT2D eigenvalue weighted by Crippen LogP contribution is 2.32. The number of hydrogen-bond donors (Lipinski definition) is 1. The average molecular weight is 288 g/mol. The molecule has 2 rings (SSSR count). The SMILES string of the molecule is CCc1cc(C)ccc1CC(=O)C1CCCCC1C(=O)O. The summed E-state index contributed by atoms with van der Waals surface area (Å²) < 4.78 is 0. The fourth-order valence-corrected chi connectivity index (χ4v) is 3.39. The molecule has 114 valence electrons. The maximum Gasteiger partial charge on any atom is 0.307 e. The van der Waals surface area contributed by atoms with Gasteiger partial charge in [0.25, 0.3) is 0 Å². The molecule has 1 fully saturated rings. The highest BCUT2D eigenvalue weighted by atomic mass is 16.4. The van der Waals surface area contributed by atoms with Gasteiger partial charge in [0, 0.05) is 12.3 Å². The van der Waals surface area contributed by atoms with Crippen molar-refractivity contribution in [3.8, 4) is 0 Å². The summed E-state index contributed by atoms with van der Waals surface area (Å²) >= 11 is 0. The average Bonchev–Trinajstić information content (AvgIpc) is 2.48. The topological polar surface area (TPSA) is 54.4 Å². The van der Waals surface area contributed by atoms with E-state index in [-0.39, 0.29) is 11.7 Å². The van der Waals surface area contributed by atoms with Crippen molar-refractivity contribution in [2.45, 2.75) is 52.4 Å². The smallest absolute Gasteiger partial charge is 0.307 e. The molecule has 0 spiro atoms. The van der Waals surface area contributed by atoms with Gasteiger partial charge < -0.3 is 5.11 Å². The molecule has 3 heteroatoms. The number of Topliss-reactive ketones (excluding diaryl/α,β-unsaturated/α-hetero) is 1. The van der Waals surface area contributed by atoms with E-state index in [4.69, 9.17) is 0 Å². The summed E-state index contributed by atoms with van der Waals surface area (Å²) in [5, 5.41) is 9.31. The standard InChI is InChI=1S/C18H24O3/c1-3-13-10-12(2)8-9-14(13)11-17(19)15-6-4-5-7-16(15)18(20)21/h8-10,15-16H,3-7,11H2,1-2H3,(H,20,21). The van der Waals surface area contributed by atoms with Gasteiger partial charge in [-0.2, -0.15) is 0 Å². The third-order valence-electron chi connectivity index (χ3n) is 4.60. The molecule has 0 radical (unpaired) electrons. The van der Waals surface area contributed by atoms with E-state index < -0.39 is 11.9 Å². The third-order valence-corrected chi connectivity index (χ3v) is 4.60. The number of carboxylic acid groups (broad SMARTS) is 1. The lowest BCUT2D eigenvalue weighted by atomic mass is 9.75. The molecule has 21 heavy (non-hydrogen) atoms. The molecule has 1 N–H and O–H groups in total. The van der Waals surface area contributed by atoms with Crippen LogP contribution in [0.4, 0.5) is 0 Å². The van der Waals surface area contributed by atoms with Crippen LogP contribution in [0.2, 0.25) is 0 Å². The molecule has 0 amide bonds. The van der Waals surface area contributed by atoms with Gasteiger partial charge in [0.2, 0.25) is 0 Å². The van der Waals surface area contributed by atoms with Crippen molar-refractivity contribution in [3.63, 3.8) is 0 Å². The van der Waals surface area contributed by atoms with Gasteiger partial charge in [-0.1, -0.05) is 43.5 Å². The fraction of sp³-hybridized carbons (Fsp3) is 0.556.